The number of aromatic nitrogens is 1. The summed E-state index contributed by atoms with van der Waals surface area (Å²) in [5.74, 6) is 1.86. The summed E-state index contributed by atoms with van der Waals surface area (Å²) in [5, 5.41) is 1.44. The number of methoxy groups -OCH3 is 1. The van der Waals surface area contributed by atoms with E-state index in [9.17, 15) is 4.79 Å². The van der Waals surface area contributed by atoms with Crippen molar-refractivity contribution in [2.24, 2.45) is 0 Å². The number of thiazole rings is 1. The van der Waals surface area contributed by atoms with Crippen LogP contribution in [0.15, 0.2) is 47.4 Å². The molecular formula is C23H28ClN3O2S2. The third-order valence-electron chi connectivity index (χ3n) is 4.72. The fraction of sp³-hybridized carbons (Fsp3) is 0.391. The highest BCUT2D eigenvalue weighted by Gasteiger charge is 2.19. The van der Waals surface area contributed by atoms with Crippen molar-refractivity contribution in [1.29, 1.82) is 0 Å². The number of nitrogens with zero attached hydrogens (tertiary/aromatic N) is 3. The van der Waals surface area contributed by atoms with Gasteiger partial charge in [-0.1, -0.05) is 22.9 Å². The molecule has 31 heavy (non-hydrogen) atoms. The highest BCUT2D eigenvalue weighted by molar-refractivity contribution is 7.99. The number of benzene rings is 2. The van der Waals surface area contributed by atoms with E-state index in [0.717, 1.165) is 46.2 Å². The number of carbonyl (C=O) groups is 1. The number of halogens is 1. The van der Waals surface area contributed by atoms with Crippen LogP contribution in [0.5, 0.6) is 5.75 Å². The van der Waals surface area contributed by atoms with Gasteiger partial charge in [0.25, 0.3) is 0 Å². The van der Waals surface area contributed by atoms with Gasteiger partial charge in [0, 0.05) is 22.9 Å². The molecule has 0 fully saturated rings. The fourth-order valence-electron chi connectivity index (χ4n) is 3.09. The minimum absolute atomic E-state index is 0.124. The van der Waals surface area contributed by atoms with Crippen LogP contribution in [0.25, 0.3) is 10.2 Å². The summed E-state index contributed by atoms with van der Waals surface area (Å²) < 4.78 is 6.20. The van der Waals surface area contributed by atoms with E-state index < -0.39 is 0 Å². The first kappa shape index (κ1) is 23.9. The molecule has 1 aromatic heterocycles. The van der Waals surface area contributed by atoms with E-state index in [1.807, 2.05) is 61.5 Å². The molecule has 0 N–H and O–H groups in total. The van der Waals surface area contributed by atoms with Crippen LogP contribution in [-0.4, -0.2) is 55.8 Å². The number of thioether (sulfide) groups is 1. The highest BCUT2D eigenvalue weighted by atomic mass is 35.5. The number of hydrogen-bond donors (Lipinski definition) is 0. The summed E-state index contributed by atoms with van der Waals surface area (Å²) in [6, 6.07) is 13.7. The van der Waals surface area contributed by atoms with Crippen LogP contribution in [0.1, 0.15) is 19.3 Å². The Morgan fingerprint density at radius 3 is 2.61 bits per heavy atom. The average Bonchev–Trinajstić information content (AvgIpc) is 3.17. The first-order chi connectivity index (χ1) is 15.0. The van der Waals surface area contributed by atoms with Crippen molar-refractivity contribution in [3.63, 3.8) is 0 Å². The first-order valence-electron chi connectivity index (χ1n) is 10.2. The van der Waals surface area contributed by atoms with E-state index in [0.29, 0.717) is 18.0 Å². The maximum absolute atomic E-state index is 13.1. The lowest BCUT2D eigenvalue weighted by atomic mass is 10.3. The normalized spacial score (nSPS) is 11.3. The van der Waals surface area contributed by atoms with Crippen molar-refractivity contribution >= 4 is 56.0 Å². The van der Waals surface area contributed by atoms with Crippen LogP contribution in [-0.2, 0) is 4.79 Å². The van der Waals surface area contributed by atoms with Gasteiger partial charge in [0.1, 0.15) is 5.75 Å². The van der Waals surface area contributed by atoms with Crippen molar-refractivity contribution in [2.75, 3.05) is 44.9 Å². The molecule has 0 atom stereocenters. The van der Waals surface area contributed by atoms with Crippen molar-refractivity contribution in [3.05, 3.63) is 47.5 Å². The first-order valence-corrected chi connectivity index (χ1v) is 12.4. The predicted molar refractivity (Wildman–Crippen MR) is 133 cm³/mol. The third-order valence-corrected chi connectivity index (χ3v) is 7.10. The lowest BCUT2D eigenvalue weighted by Crippen LogP contribution is -2.33. The Bertz CT molecular complexity index is 992. The molecule has 5 nitrogen and oxygen atoms in total. The van der Waals surface area contributed by atoms with Gasteiger partial charge in [-0.2, -0.15) is 0 Å². The van der Waals surface area contributed by atoms with Crippen molar-refractivity contribution < 1.29 is 9.53 Å². The fourth-order valence-corrected chi connectivity index (χ4v) is 5.23. The second-order valence-corrected chi connectivity index (χ2v) is 10.1. The Morgan fingerprint density at radius 1 is 1.13 bits per heavy atom. The van der Waals surface area contributed by atoms with E-state index in [1.54, 1.807) is 18.9 Å². The molecule has 166 valence electrons. The monoisotopic (exact) mass is 477 g/mol. The Labute approximate surface area is 197 Å². The zero-order chi connectivity index (χ0) is 22.2. The second kappa shape index (κ2) is 11.7. The van der Waals surface area contributed by atoms with Crippen LogP contribution >= 0.6 is 34.7 Å². The maximum atomic E-state index is 13.1. The molecule has 1 heterocycles. The van der Waals surface area contributed by atoms with Crippen LogP contribution in [0.2, 0.25) is 5.02 Å². The van der Waals surface area contributed by atoms with Crippen molar-refractivity contribution in [3.8, 4) is 5.75 Å². The summed E-state index contributed by atoms with van der Waals surface area (Å²) in [7, 11) is 5.75. The minimum atomic E-state index is 0.124. The van der Waals surface area contributed by atoms with Gasteiger partial charge in [-0.05, 0) is 81.7 Å². The molecule has 0 aliphatic carbocycles. The number of carbonyl (C=O) groups excluding carboxylic acids is 1. The van der Waals surface area contributed by atoms with Crippen LogP contribution < -0.4 is 9.64 Å². The summed E-state index contributed by atoms with van der Waals surface area (Å²) in [6.45, 7) is 1.59. The van der Waals surface area contributed by atoms with Crippen molar-refractivity contribution in [2.45, 2.75) is 24.2 Å². The van der Waals surface area contributed by atoms with Crippen LogP contribution in [0.3, 0.4) is 0 Å². The molecule has 0 spiro atoms. The lowest BCUT2D eigenvalue weighted by molar-refractivity contribution is -0.118. The molecule has 0 aliphatic heterocycles. The van der Waals surface area contributed by atoms with Gasteiger partial charge in [0.15, 0.2) is 5.13 Å². The third kappa shape index (κ3) is 7.10. The summed E-state index contributed by atoms with van der Waals surface area (Å²) in [4.78, 5) is 22.9. The standard InChI is InChI=1S/C23H28ClN3O2S2/c1-26(2)13-5-14-27(23-25-20-12-7-17(24)16-21(20)31-23)22(28)6-4-15-30-19-10-8-18(29-3)9-11-19/h7-12,16H,4-6,13-15H2,1-3H3. The molecule has 8 heteroatoms. The number of ether oxygens (including phenoxy) is 1. The zero-order valence-electron chi connectivity index (χ0n) is 18.1. The van der Waals surface area contributed by atoms with E-state index >= 15 is 0 Å². The molecular weight excluding hydrogens is 450 g/mol. The van der Waals surface area contributed by atoms with Gasteiger partial charge in [-0.15, -0.1) is 11.8 Å². The molecule has 0 saturated heterocycles. The van der Waals surface area contributed by atoms with Crippen LogP contribution in [0.4, 0.5) is 5.13 Å². The Balaban J connectivity index is 1.60. The maximum Gasteiger partial charge on any atom is 0.228 e. The molecule has 0 aliphatic rings. The Kier molecular flexibility index (Phi) is 9.02. The summed E-state index contributed by atoms with van der Waals surface area (Å²) in [5.41, 5.74) is 0.880. The number of fused-ring (bicyclic) bond motifs is 1. The van der Waals surface area contributed by atoms with Crippen LogP contribution in [0, 0.1) is 0 Å². The molecule has 0 bridgehead atoms. The van der Waals surface area contributed by atoms with Gasteiger partial charge in [-0.3, -0.25) is 9.69 Å². The van der Waals surface area contributed by atoms with Gasteiger partial charge in [0.05, 0.1) is 17.3 Å². The van der Waals surface area contributed by atoms with Gasteiger partial charge in [-0.25, -0.2) is 4.98 Å². The van der Waals surface area contributed by atoms with E-state index in [4.69, 9.17) is 21.3 Å². The predicted octanol–water partition coefficient (Wildman–Crippen LogP) is 5.82. The zero-order valence-corrected chi connectivity index (χ0v) is 20.5. The van der Waals surface area contributed by atoms with E-state index in [-0.39, 0.29) is 5.91 Å². The van der Waals surface area contributed by atoms with Gasteiger partial charge < -0.3 is 9.64 Å². The molecule has 1 amide bonds. The van der Waals surface area contributed by atoms with Gasteiger partial charge in [0.2, 0.25) is 5.91 Å². The van der Waals surface area contributed by atoms with E-state index in [2.05, 4.69) is 4.90 Å². The summed E-state index contributed by atoms with van der Waals surface area (Å²) >= 11 is 9.40. The molecule has 3 aromatic rings. The average molecular weight is 478 g/mol. The molecule has 3 rings (SSSR count). The molecule has 2 aromatic carbocycles. The Hall–Kier alpha value is -1.80. The molecule has 0 unspecified atom stereocenters. The second-order valence-electron chi connectivity index (χ2n) is 7.44. The van der Waals surface area contributed by atoms with Crippen molar-refractivity contribution in [1.82, 2.24) is 9.88 Å². The SMILES string of the molecule is COc1ccc(SCCCC(=O)N(CCCN(C)C)c2nc3ccc(Cl)cc3s2)cc1. The lowest BCUT2D eigenvalue weighted by Gasteiger charge is -2.21. The molecule has 0 saturated carbocycles. The quantitative estimate of drug-likeness (QED) is 0.257. The number of hydrogen-bond acceptors (Lipinski definition) is 6. The van der Waals surface area contributed by atoms with Gasteiger partial charge >= 0.3 is 0 Å². The smallest absolute Gasteiger partial charge is 0.228 e. The van der Waals surface area contributed by atoms with E-state index in [1.165, 1.54) is 16.2 Å². The largest absolute Gasteiger partial charge is 0.497 e. The number of rotatable bonds is 11. The summed E-state index contributed by atoms with van der Waals surface area (Å²) in [6.07, 6.45) is 2.22. The Morgan fingerprint density at radius 2 is 1.90 bits per heavy atom. The number of anilines is 1. The topological polar surface area (TPSA) is 45.7 Å². The minimum Gasteiger partial charge on any atom is -0.497 e. The molecule has 0 radical (unpaired) electrons. The highest BCUT2D eigenvalue weighted by Crippen LogP contribution is 2.31. The number of amides is 1.